The quantitative estimate of drug-likeness (QED) is 0.615. The first kappa shape index (κ1) is 14.7. The van der Waals surface area contributed by atoms with Crippen LogP contribution >= 0.6 is 11.6 Å². The molecular weight excluding hydrogens is 242 g/mol. The van der Waals surface area contributed by atoms with Crippen molar-refractivity contribution < 1.29 is 14.7 Å². The first-order valence-electron chi connectivity index (χ1n) is 5.90. The number of rotatable bonds is 2. The first-order valence-corrected chi connectivity index (χ1v) is 6.34. The highest BCUT2D eigenvalue weighted by molar-refractivity contribution is 6.29. The summed E-state index contributed by atoms with van der Waals surface area (Å²) in [4.78, 5) is 11.5. The highest BCUT2D eigenvalue weighted by atomic mass is 35.5. The maximum absolute atomic E-state index is 11.5. The number of nitrogens with zero attached hydrogens (tertiary/aromatic N) is 1. The van der Waals surface area contributed by atoms with Crippen LogP contribution < -0.4 is 0 Å². The third-order valence-electron chi connectivity index (χ3n) is 3.21. The summed E-state index contributed by atoms with van der Waals surface area (Å²) in [5.41, 5.74) is -0.829. The number of hydrogen-bond donors (Lipinski definition) is 1. The second-order valence-corrected chi connectivity index (χ2v) is 6.67. The lowest BCUT2D eigenvalue weighted by Crippen LogP contribution is -2.60. The summed E-state index contributed by atoms with van der Waals surface area (Å²) in [6.45, 7) is 9.32. The zero-order valence-corrected chi connectivity index (χ0v) is 11.9. The van der Waals surface area contributed by atoms with E-state index < -0.39 is 22.4 Å². The Kier molecular flexibility index (Phi) is 4.12. The van der Waals surface area contributed by atoms with E-state index in [0.29, 0.717) is 12.8 Å². The van der Waals surface area contributed by atoms with Gasteiger partial charge in [0.05, 0.1) is 0 Å². The van der Waals surface area contributed by atoms with E-state index in [4.69, 9.17) is 16.3 Å². The number of ether oxygens (including phenoxy) is 1. The van der Waals surface area contributed by atoms with E-state index >= 15 is 0 Å². The van der Waals surface area contributed by atoms with Gasteiger partial charge in [0.1, 0.15) is 11.5 Å². The Labute approximate surface area is 108 Å². The number of piperidine rings is 1. The summed E-state index contributed by atoms with van der Waals surface area (Å²) in [5, 5.41) is 10.8. The van der Waals surface area contributed by atoms with Gasteiger partial charge in [-0.25, -0.2) is 0 Å². The number of hydroxylamine groups is 2. The van der Waals surface area contributed by atoms with Gasteiger partial charge in [-0.1, -0.05) is 0 Å². The monoisotopic (exact) mass is 263 g/mol. The largest absolute Gasteiger partial charge is 0.461 e. The van der Waals surface area contributed by atoms with E-state index in [1.54, 1.807) is 6.92 Å². The van der Waals surface area contributed by atoms with E-state index in [9.17, 15) is 10.0 Å². The fourth-order valence-electron chi connectivity index (χ4n) is 2.52. The molecule has 0 bridgehead atoms. The summed E-state index contributed by atoms with van der Waals surface area (Å²) in [6.07, 6.45) is 1.00. The summed E-state index contributed by atoms with van der Waals surface area (Å²) in [6, 6.07) is 0. The number of carbonyl (C=O) groups is 1. The Morgan fingerprint density at radius 2 is 1.76 bits per heavy atom. The Balaban J connectivity index is 2.75. The van der Waals surface area contributed by atoms with Gasteiger partial charge in [-0.15, -0.1) is 11.6 Å². The van der Waals surface area contributed by atoms with E-state index in [1.165, 1.54) is 5.06 Å². The molecule has 0 aliphatic carbocycles. The molecule has 1 heterocycles. The highest BCUT2D eigenvalue weighted by Crippen LogP contribution is 2.38. The SMILES string of the molecule is CC(Cl)C(=O)OC1CC(C)(C)N(O)C(C)(C)C1. The van der Waals surface area contributed by atoms with Crippen molar-refractivity contribution in [1.29, 1.82) is 0 Å². The number of hydrogen-bond acceptors (Lipinski definition) is 4. The highest BCUT2D eigenvalue weighted by Gasteiger charge is 2.46. The van der Waals surface area contributed by atoms with Crippen LogP contribution in [0.2, 0.25) is 0 Å². The molecule has 4 nitrogen and oxygen atoms in total. The fourth-order valence-corrected chi connectivity index (χ4v) is 2.57. The zero-order chi connectivity index (χ0) is 13.4. The van der Waals surface area contributed by atoms with Crippen molar-refractivity contribution in [3.05, 3.63) is 0 Å². The molecule has 1 aliphatic heterocycles. The summed E-state index contributed by atoms with van der Waals surface area (Å²) in [7, 11) is 0. The molecule has 1 saturated heterocycles. The number of esters is 1. The lowest BCUT2D eigenvalue weighted by atomic mass is 9.80. The van der Waals surface area contributed by atoms with Crippen molar-refractivity contribution in [2.75, 3.05) is 0 Å². The minimum Gasteiger partial charge on any atom is -0.461 e. The molecular formula is C12H22ClNO3. The van der Waals surface area contributed by atoms with Crippen LogP contribution in [0.5, 0.6) is 0 Å². The van der Waals surface area contributed by atoms with E-state index in [0.717, 1.165) is 0 Å². The third kappa shape index (κ3) is 3.33. The smallest absolute Gasteiger partial charge is 0.324 e. The second kappa shape index (κ2) is 4.75. The fraction of sp³-hybridized carbons (Fsp3) is 0.917. The minimum absolute atomic E-state index is 0.197. The Morgan fingerprint density at radius 3 is 2.12 bits per heavy atom. The van der Waals surface area contributed by atoms with Crippen LogP contribution in [0.15, 0.2) is 0 Å². The van der Waals surface area contributed by atoms with Crippen LogP contribution in [-0.2, 0) is 9.53 Å². The topological polar surface area (TPSA) is 49.8 Å². The average Bonchev–Trinajstić information content (AvgIpc) is 2.12. The molecule has 17 heavy (non-hydrogen) atoms. The normalized spacial score (nSPS) is 26.5. The predicted octanol–water partition coefficient (Wildman–Crippen LogP) is 2.57. The average molecular weight is 264 g/mol. The number of alkyl halides is 1. The molecule has 0 spiro atoms. The van der Waals surface area contributed by atoms with Crippen LogP contribution in [0.4, 0.5) is 0 Å². The van der Waals surface area contributed by atoms with Crippen molar-refractivity contribution in [3.63, 3.8) is 0 Å². The molecule has 5 heteroatoms. The predicted molar refractivity (Wildman–Crippen MR) is 66.2 cm³/mol. The molecule has 0 aromatic rings. The minimum atomic E-state index is -0.631. The summed E-state index contributed by atoms with van der Waals surface area (Å²) < 4.78 is 5.36. The van der Waals surface area contributed by atoms with Gasteiger partial charge < -0.3 is 9.94 Å². The molecule has 0 aromatic carbocycles. The maximum atomic E-state index is 11.5. The second-order valence-electron chi connectivity index (χ2n) is 6.02. The molecule has 0 aromatic heterocycles. The molecule has 0 amide bonds. The number of halogens is 1. The Hall–Kier alpha value is -0.320. The van der Waals surface area contributed by atoms with E-state index in [-0.39, 0.29) is 6.10 Å². The van der Waals surface area contributed by atoms with Gasteiger partial charge >= 0.3 is 5.97 Å². The van der Waals surface area contributed by atoms with Crippen molar-refractivity contribution >= 4 is 17.6 Å². The molecule has 1 fully saturated rings. The Bertz CT molecular complexity index is 284. The lowest BCUT2D eigenvalue weighted by Gasteiger charge is -2.50. The van der Waals surface area contributed by atoms with E-state index in [2.05, 4.69) is 0 Å². The van der Waals surface area contributed by atoms with Crippen molar-refractivity contribution in [2.45, 2.75) is 70.0 Å². The van der Waals surface area contributed by atoms with Gasteiger partial charge in [0, 0.05) is 23.9 Å². The summed E-state index contributed by atoms with van der Waals surface area (Å²) >= 11 is 5.68. The van der Waals surface area contributed by atoms with Crippen LogP contribution in [0.3, 0.4) is 0 Å². The van der Waals surface area contributed by atoms with Crippen LogP contribution in [0.1, 0.15) is 47.5 Å². The van der Waals surface area contributed by atoms with Crippen molar-refractivity contribution in [2.24, 2.45) is 0 Å². The van der Waals surface area contributed by atoms with Crippen LogP contribution in [0, 0.1) is 0 Å². The van der Waals surface area contributed by atoms with E-state index in [1.807, 2.05) is 27.7 Å². The maximum Gasteiger partial charge on any atom is 0.324 e. The molecule has 1 N–H and O–H groups in total. The standard InChI is InChI=1S/C12H22ClNO3/c1-8(13)10(15)17-9-6-11(2,3)14(16)12(4,5)7-9/h8-9,16H,6-7H2,1-5H3. The van der Waals surface area contributed by atoms with Crippen molar-refractivity contribution in [3.8, 4) is 0 Å². The first-order chi connectivity index (χ1) is 7.56. The number of carbonyl (C=O) groups excluding carboxylic acids is 1. The zero-order valence-electron chi connectivity index (χ0n) is 11.2. The Morgan fingerprint density at radius 1 is 1.35 bits per heavy atom. The lowest BCUT2D eigenvalue weighted by molar-refractivity contribution is -0.259. The van der Waals surface area contributed by atoms with Crippen molar-refractivity contribution in [1.82, 2.24) is 5.06 Å². The molecule has 1 atom stereocenters. The molecule has 1 aliphatic rings. The molecule has 1 rings (SSSR count). The third-order valence-corrected chi connectivity index (χ3v) is 3.39. The van der Waals surface area contributed by atoms with Gasteiger partial charge in [0.15, 0.2) is 0 Å². The summed E-state index contributed by atoms with van der Waals surface area (Å²) in [5.74, 6) is -0.394. The van der Waals surface area contributed by atoms with Crippen LogP contribution in [0.25, 0.3) is 0 Å². The van der Waals surface area contributed by atoms with Gasteiger partial charge in [0.25, 0.3) is 0 Å². The molecule has 100 valence electrons. The van der Waals surface area contributed by atoms with Gasteiger partial charge in [-0.3, -0.25) is 4.79 Å². The van der Waals surface area contributed by atoms with Gasteiger partial charge in [0.2, 0.25) is 0 Å². The van der Waals surface area contributed by atoms with Gasteiger partial charge in [-0.2, -0.15) is 5.06 Å². The van der Waals surface area contributed by atoms with Gasteiger partial charge in [-0.05, 0) is 34.6 Å². The molecule has 1 unspecified atom stereocenters. The van der Waals surface area contributed by atoms with Crippen LogP contribution in [-0.4, -0.2) is 38.8 Å². The molecule has 0 saturated carbocycles. The molecule has 0 radical (unpaired) electrons.